The first kappa shape index (κ1) is 18.3. The molecular formula is C16H22F3NO2S. The lowest BCUT2D eigenvalue weighted by Crippen LogP contribution is -2.41. The van der Waals surface area contributed by atoms with Gasteiger partial charge in [0.2, 0.25) is 10.0 Å². The zero-order valence-corrected chi connectivity index (χ0v) is 14.3. The highest BCUT2D eigenvalue weighted by molar-refractivity contribution is 7.89. The Morgan fingerprint density at radius 3 is 2.17 bits per heavy atom. The van der Waals surface area contributed by atoms with Crippen LogP contribution in [-0.2, 0) is 10.0 Å². The third-order valence-electron chi connectivity index (χ3n) is 4.33. The van der Waals surface area contributed by atoms with Crippen molar-refractivity contribution in [3.8, 4) is 0 Å². The van der Waals surface area contributed by atoms with E-state index in [1.165, 1.54) is 0 Å². The van der Waals surface area contributed by atoms with Crippen LogP contribution < -0.4 is 4.72 Å². The summed E-state index contributed by atoms with van der Waals surface area (Å²) < 4.78 is 66.3. The summed E-state index contributed by atoms with van der Waals surface area (Å²) in [5.41, 5.74) is 2.17. The van der Waals surface area contributed by atoms with Gasteiger partial charge in [-0.1, -0.05) is 24.1 Å². The molecule has 1 N–H and O–H groups in total. The summed E-state index contributed by atoms with van der Waals surface area (Å²) in [5, 5.41) is 0. The van der Waals surface area contributed by atoms with E-state index in [1.54, 1.807) is 26.0 Å². The lowest BCUT2D eigenvalue weighted by molar-refractivity contribution is -0.183. The normalized spacial score (nSPS) is 23.0. The molecule has 0 aromatic heterocycles. The number of sulfonamides is 1. The topological polar surface area (TPSA) is 46.2 Å². The van der Waals surface area contributed by atoms with Gasteiger partial charge in [-0.05, 0) is 51.2 Å². The van der Waals surface area contributed by atoms with Gasteiger partial charge >= 0.3 is 6.18 Å². The minimum Gasteiger partial charge on any atom is -0.208 e. The Bertz CT molecular complexity index is 660. The number of benzene rings is 1. The molecule has 1 saturated carbocycles. The molecule has 0 bridgehead atoms. The molecule has 0 unspecified atom stereocenters. The SMILES string of the molecule is Cc1cc(C)c(S(=O)(=O)N[C@@H]2CCC[C@@H](C(F)(F)F)C2)c(C)c1. The van der Waals surface area contributed by atoms with E-state index in [9.17, 15) is 21.6 Å². The van der Waals surface area contributed by atoms with Gasteiger partial charge in [0.05, 0.1) is 10.8 Å². The molecule has 2 rings (SSSR count). The summed E-state index contributed by atoms with van der Waals surface area (Å²) in [4.78, 5) is 0.178. The highest BCUT2D eigenvalue weighted by Crippen LogP contribution is 2.38. The second kappa shape index (κ2) is 6.43. The fourth-order valence-electron chi connectivity index (χ4n) is 3.46. The quantitative estimate of drug-likeness (QED) is 0.896. The van der Waals surface area contributed by atoms with Crippen LogP contribution in [0.5, 0.6) is 0 Å². The van der Waals surface area contributed by atoms with Crippen molar-refractivity contribution >= 4 is 10.0 Å². The summed E-state index contributed by atoms with van der Waals surface area (Å²) in [6.45, 7) is 5.28. The van der Waals surface area contributed by atoms with Crippen molar-refractivity contribution in [2.75, 3.05) is 0 Å². The van der Waals surface area contributed by atoms with Crippen molar-refractivity contribution in [3.05, 3.63) is 28.8 Å². The number of rotatable bonds is 3. The zero-order valence-electron chi connectivity index (χ0n) is 13.5. The monoisotopic (exact) mass is 349 g/mol. The van der Waals surface area contributed by atoms with Gasteiger partial charge in [-0.3, -0.25) is 0 Å². The maximum Gasteiger partial charge on any atom is 0.391 e. The molecule has 1 aromatic carbocycles. The summed E-state index contributed by atoms with van der Waals surface area (Å²) in [6, 6.07) is 2.86. The Kier molecular flexibility index (Phi) is 5.11. The molecule has 1 aromatic rings. The van der Waals surface area contributed by atoms with E-state index in [0.717, 1.165) is 5.56 Å². The van der Waals surface area contributed by atoms with E-state index in [0.29, 0.717) is 24.0 Å². The second-order valence-corrected chi connectivity index (χ2v) is 8.10. The molecule has 0 radical (unpaired) electrons. The van der Waals surface area contributed by atoms with Crippen LogP contribution in [0.25, 0.3) is 0 Å². The minimum atomic E-state index is -4.26. The van der Waals surface area contributed by atoms with E-state index < -0.39 is 28.2 Å². The first-order chi connectivity index (χ1) is 10.5. The lowest BCUT2D eigenvalue weighted by Gasteiger charge is -2.31. The van der Waals surface area contributed by atoms with Crippen molar-refractivity contribution in [1.29, 1.82) is 0 Å². The van der Waals surface area contributed by atoms with Crippen LogP contribution in [0.3, 0.4) is 0 Å². The van der Waals surface area contributed by atoms with Crippen molar-refractivity contribution in [3.63, 3.8) is 0 Å². The maximum atomic E-state index is 12.9. The van der Waals surface area contributed by atoms with Gasteiger partial charge < -0.3 is 0 Å². The number of hydrogen-bond acceptors (Lipinski definition) is 2. The molecule has 0 saturated heterocycles. The highest BCUT2D eigenvalue weighted by atomic mass is 32.2. The average molecular weight is 349 g/mol. The van der Waals surface area contributed by atoms with Crippen LogP contribution in [0.2, 0.25) is 0 Å². The molecule has 1 aliphatic rings. The Hall–Kier alpha value is -1.08. The molecule has 0 amide bonds. The standard InChI is InChI=1S/C16H22F3NO2S/c1-10-7-11(2)15(12(3)8-10)23(21,22)20-14-6-4-5-13(9-14)16(17,18)19/h7-8,13-14,20H,4-6,9H2,1-3H3/t13-,14-/m1/s1. The van der Waals surface area contributed by atoms with Crippen molar-refractivity contribution < 1.29 is 21.6 Å². The van der Waals surface area contributed by atoms with E-state index in [2.05, 4.69) is 4.72 Å². The highest BCUT2D eigenvalue weighted by Gasteiger charge is 2.43. The molecule has 23 heavy (non-hydrogen) atoms. The number of nitrogens with one attached hydrogen (secondary N) is 1. The van der Waals surface area contributed by atoms with Gasteiger partial charge in [-0.15, -0.1) is 0 Å². The van der Waals surface area contributed by atoms with E-state index >= 15 is 0 Å². The molecule has 1 aliphatic carbocycles. The Morgan fingerprint density at radius 2 is 1.65 bits per heavy atom. The van der Waals surface area contributed by atoms with E-state index in [1.807, 2.05) is 6.92 Å². The third kappa shape index (κ3) is 4.26. The van der Waals surface area contributed by atoms with Crippen LogP contribution in [0.1, 0.15) is 42.4 Å². The van der Waals surface area contributed by atoms with Gasteiger partial charge in [-0.2, -0.15) is 13.2 Å². The van der Waals surface area contributed by atoms with Crippen molar-refractivity contribution in [1.82, 2.24) is 4.72 Å². The Morgan fingerprint density at radius 1 is 1.09 bits per heavy atom. The van der Waals surface area contributed by atoms with Gasteiger partial charge in [0.25, 0.3) is 0 Å². The first-order valence-electron chi connectivity index (χ1n) is 7.67. The molecule has 0 heterocycles. The van der Waals surface area contributed by atoms with Gasteiger partial charge in [0.15, 0.2) is 0 Å². The molecule has 3 nitrogen and oxygen atoms in total. The Labute approximate surface area is 135 Å². The summed E-state index contributed by atoms with van der Waals surface area (Å²) in [7, 11) is -3.82. The molecule has 2 atom stereocenters. The largest absolute Gasteiger partial charge is 0.391 e. The van der Waals surface area contributed by atoms with E-state index in [-0.39, 0.29) is 17.7 Å². The van der Waals surface area contributed by atoms with Gasteiger partial charge in [0.1, 0.15) is 0 Å². The van der Waals surface area contributed by atoms with Crippen LogP contribution in [0, 0.1) is 26.7 Å². The fraction of sp³-hybridized carbons (Fsp3) is 0.625. The molecule has 7 heteroatoms. The van der Waals surface area contributed by atoms with Crippen LogP contribution >= 0.6 is 0 Å². The van der Waals surface area contributed by atoms with Crippen molar-refractivity contribution in [2.45, 2.75) is 63.6 Å². The molecule has 0 aliphatic heterocycles. The molecule has 1 fully saturated rings. The summed E-state index contributed by atoms with van der Waals surface area (Å²) in [5.74, 6) is -1.43. The molecule has 0 spiro atoms. The van der Waals surface area contributed by atoms with Gasteiger partial charge in [-0.25, -0.2) is 13.1 Å². The Balaban J connectivity index is 2.22. The van der Waals surface area contributed by atoms with Crippen LogP contribution in [0.15, 0.2) is 17.0 Å². The number of hydrogen-bond donors (Lipinski definition) is 1. The van der Waals surface area contributed by atoms with Gasteiger partial charge in [0, 0.05) is 6.04 Å². The fourth-order valence-corrected chi connectivity index (χ4v) is 5.20. The molecular weight excluding hydrogens is 327 g/mol. The maximum absolute atomic E-state index is 12.9. The van der Waals surface area contributed by atoms with Crippen LogP contribution in [-0.4, -0.2) is 20.6 Å². The average Bonchev–Trinajstić information content (AvgIpc) is 2.35. The lowest BCUT2D eigenvalue weighted by atomic mass is 9.86. The molecule has 130 valence electrons. The predicted octanol–water partition coefficient (Wildman–Crippen LogP) is 4.01. The van der Waals surface area contributed by atoms with Crippen LogP contribution in [0.4, 0.5) is 13.2 Å². The minimum absolute atomic E-state index is 0.0737. The summed E-state index contributed by atoms with van der Waals surface area (Å²) >= 11 is 0. The second-order valence-electron chi connectivity index (χ2n) is 6.45. The zero-order chi connectivity index (χ0) is 17.4. The summed E-state index contributed by atoms with van der Waals surface area (Å²) in [6.07, 6.45) is -3.56. The number of alkyl halides is 3. The van der Waals surface area contributed by atoms with Crippen molar-refractivity contribution in [2.24, 2.45) is 5.92 Å². The third-order valence-corrected chi connectivity index (χ3v) is 6.16. The van der Waals surface area contributed by atoms with E-state index in [4.69, 9.17) is 0 Å². The first-order valence-corrected chi connectivity index (χ1v) is 9.16. The number of halogens is 3. The predicted molar refractivity (Wildman–Crippen MR) is 82.8 cm³/mol. The number of aryl methyl sites for hydroxylation is 3. The smallest absolute Gasteiger partial charge is 0.208 e.